The molecular formula is C27H36N8O. The molecule has 3 atom stereocenters. The Balaban J connectivity index is 1.48. The largest absolute Gasteiger partial charge is 0.352 e. The minimum Gasteiger partial charge on any atom is -0.335 e. The molecule has 1 saturated heterocycles. The van der Waals surface area contributed by atoms with Crippen molar-refractivity contribution in [2.24, 2.45) is 7.05 Å². The zero-order chi connectivity index (χ0) is 25.4. The van der Waals surface area contributed by atoms with Crippen molar-refractivity contribution in [3.8, 4) is 6.07 Å². The first-order chi connectivity index (χ1) is 17.5. The summed E-state index contributed by atoms with van der Waals surface area (Å²) in [7, 11) is 1.70. The van der Waals surface area contributed by atoms with Crippen molar-refractivity contribution in [1.29, 1.82) is 5.26 Å². The Kier molecular flexibility index (Phi) is 6.80. The van der Waals surface area contributed by atoms with Crippen LogP contribution in [0.3, 0.4) is 0 Å². The summed E-state index contributed by atoms with van der Waals surface area (Å²) in [6, 6.07) is 9.27. The van der Waals surface area contributed by atoms with Gasteiger partial charge in [0, 0.05) is 62.1 Å². The van der Waals surface area contributed by atoms with E-state index in [9.17, 15) is 10.1 Å². The van der Waals surface area contributed by atoms with E-state index in [1.54, 1.807) is 11.6 Å². The molecule has 9 heteroatoms. The van der Waals surface area contributed by atoms with E-state index >= 15 is 0 Å². The summed E-state index contributed by atoms with van der Waals surface area (Å²) in [6.45, 7) is 8.32. The molecule has 0 aromatic carbocycles. The molecule has 5 rings (SSSR count). The monoisotopic (exact) mass is 488 g/mol. The molecule has 9 nitrogen and oxygen atoms in total. The van der Waals surface area contributed by atoms with Gasteiger partial charge in [-0.1, -0.05) is 26.8 Å². The van der Waals surface area contributed by atoms with Crippen LogP contribution in [0.1, 0.15) is 81.8 Å². The number of fused-ring (bicyclic) bond motifs is 1. The van der Waals surface area contributed by atoms with Gasteiger partial charge in [-0.05, 0) is 43.7 Å². The van der Waals surface area contributed by atoms with Crippen molar-refractivity contribution in [3.05, 3.63) is 51.8 Å². The van der Waals surface area contributed by atoms with Gasteiger partial charge in [0.15, 0.2) is 0 Å². The van der Waals surface area contributed by atoms with Gasteiger partial charge >= 0.3 is 5.69 Å². The van der Waals surface area contributed by atoms with Crippen LogP contribution in [0.25, 0.3) is 5.65 Å². The molecule has 3 aromatic rings. The third kappa shape index (κ3) is 4.39. The lowest BCUT2D eigenvalue weighted by atomic mass is 9.95. The maximum absolute atomic E-state index is 12.8. The van der Waals surface area contributed by atoms with Crippen molar-refractivity contribution < 1.29 is 0 Å². The first-order valence-corrected chi connectivity index (χ1v) is 13.3. The molecule has 1 aliphatic carbocycles. The van der Waals surface area contributed by atoms with Crippen molar-refractivity contribution >= 4 is 11.6 Å². The standard InChI is InChI=1S/C27H36N8O/c1-5-21-17-34(26-30-27(36)32(4)25-14-20(12-13-28)31-35(25)26)22(6-2)16-33(21)24(7-3)19-10-11-23(29-15-19)18-8-9-18/h10-11,14-15,18,21-22,24H,5-9,12,16-17H2,1-4H3/t21-,22+,24+/m1/s1. The lowest BCUT2D eigenvalue weighted by Gasteiger charge is -2.49. The summed E-state index contributed by atoms with van der Waals surface area (Å²) in [5, 5.41) is 13.8. The Morgan fingerprint density at radius 3 is 2.53 bits per heavy atom. The SMILES string of the molecule is CC[C@H]1CN([C@@H](CC)c2ccc(C3CC3)nc2)[C@H](CC)CN1c1nc(=O)n(C)c2cc(CC#N)nn12. The van der Waals surface area contributed by atoms with Crippen LogP contribution >= 0.6 is 0 Å². The Bertz CT molecular complexity index is 1320. The number of anilines is 1. The maximum Gasteiger partial charge on any atom is 0.352 e. The second kappa shape index (κ2) is 10.0. The fourth-order valence-electron chi connectivity index (χ4n) is 5.67. The van der Waals surface area contributed by atoms with Crippen LogP contribution in [-0.2, 0) is 13.5 Å². The Labute approximate surface area is 212 Å². The Hall–Kier alpha value is -3.25. The van der Waals surface area contributed by atoms with Gasteiger partial charge in [0.2, 0.25) is 5.95 Å². The van der Waals surface area contributed by atoms with E-state index in [0.717, 1.165) is 32.4 Å². The fourth-order valence-corrected chi connectivity index (χ4v) is 5.67. The minimum absolute atomic E-state index is 0.187. The van der Waals surface area contributed by atoms with E-state index in [0.29, 0.717) is 35.3 Å². The number of aromatic nitrogens is 5. The number of hydrogen-bond donors (Lipinski definition) is 0. The first kappa shape index (κ1) is 24.4. The van der Waals surface area contributed by atoms with Crippen LogP contribution in [-0.4, -0.2) is 54.2 Å². The molecule has 3 aromatic heterocycles. The molecule has 0 unspecified atom stereocenters. The number of nitrogens with zero attached hydrogens (tertiary/aromatic N) is 8. The molecule has 0 bridgehead atoms. The van der Waals surface area contributed by atoms with Crippen LogP contribution in [0.5, 0.6) is 0 Å². The number of piperazine rings is 1. The Morgan fingerprint density at radius 2 is 1.92 bits per heavy atom. The topological polar surface area (TPSA) is 95.4 Å². The van der Waals surface area contributed by atoms with Crippen molar-refractivity contribution in [3.63, 3.8) is 0 Å². The maximum atomic E-state index is 12.8. The van der Waals surface area contributed by atoms with E-state index in [-0.39, 0.29) is 18.2 Å². The third-order valence-corrected chi connectivity index (χ3v) is 7.93. The van der Waals surface area contributed by atoms with Gasteiger partial charge in [0.05, 0.1) is 18.2 Å². The molecule has 190 valence electrons. The number of aryl methyl sites for hydroxylation is 1. The number of nitriles is 1. The average molecular weight is 489 g/mol. The molecule has 2 aliphatic rings. The van der Waals surface area contributed by atoms with Crippen molar-refractivity contribution in [1.82, 2.24) is 29.0 Å². The highest BCUT2D eigenvalue weighted by Crippen LogP contribution is 2.39. The van der Waals surface area contributed by atoms with Gasteiger partial charge in [-0.2, -0.15) is 19.9 Å². The summed E-state index contributed by atoms with van der Waals surface area (Å²) < 4.78 is 3.24. The predicted molar refractivity (Wildman–Crippen MR) is 139 cm³/mol. The molecule has 1 saturated carbocycles. The molecule has 0 radical (unpaired) electrons. The quantitative estimate of drug-likeness (QED) is 0.478. The second-order valence-corrected chi connectivity index (χ2v) is 10.2. The third-order valence-electron chi connectivity index (χ3n) is 7.93. The molecule has 4 heterocycles. The van der Waals surface area contributed by atoms with E-state index in [2.05, 4.69) is 65.1 Å². The smallest absolute Gasteiger partial charge is 0.335 e. The normalized spacial score (nSPS) is 21.6. The van der Waals surface area contributed by atoms with Gasteiger partial charge in [0.1, 0.15) is 5.65 Å². The zero-order valence-corrected chi connectivity index (χ0v) is 21.8. The van der Waals surface area contributed by atoms with Crippen molar-refractivity contribution in [2.45, 2.75) is 83.3 Å². The molecular weight excluding hydrogens is 452 g/mol. The van der Waals surface area contributed by atoms with Crippen LogP contribution in [0.15, 0.2) is 29.2 Å². The van der Waals surface area contributed by atoms with Crippen LogP contribution in [0, 0.1) is 11.3 Å². The second-order valence-electron chi connectivity index (χ2n) is 10.2. The van der Waals surface area contributed by atoms with Gasteiger partial charge in [-0.15, -0.1) is 0 Å². The van der Waals surface area contributed by atoms with E-state index in [1.807, 2.05) is 6.07 Å². The van der Waals surface area contributed by atoms with Gasteiger partial charge < -0.3 is 4.90 Å². The molecule has 0 N–H and O–H groups in total. The summed E-state index contributed by atoms with van der Waals surface area (Å²) in [5.41, 5.74) is 3.51. The van der Waals surface area contributed by atoms with Crippen LogP contribution in [0.4, 0.5) is 5.95 Å². The van der Waals surface area contributed by atoms with E-state index in [1.165, 1.54) is 28.7 Å². The molecule has 2 fully saturated rings. The van der Waals surface area contributed by atoms with Crippen LogP contribution < -0.4 is 10.6 Å². The number of rotatable bonds is 8. The summed E-state index contributed by atoms with van der Waals surface area (Å²) in [6.07, 6.45) is 7.75. The molecule has 36 heavy (non-hydrogen) atoms. The highest BCUT2D eigenvalue weighted by molar-refractivity contribution is 5.48. The molecule has 1 aliphatic heterocycles. The summed E-state index contributed by atoms with van der Waals surface area (Å²) in [5.74, 6) is 1.24. The lowest BCUT2D eigenvalue weighted by molar-refractivity contribution is 0.0886. The Morgan fingerprint density at radius 1 is 1.14 bits per heavy atom. The molecule has 0 amide bonds. The van der Waals surface area contributed by atoms with E-state index in [4.69, 9.17) is 4.98 Å². The van der Waals surface area contributed by atoms with Gasteiger partial charge in [0.25, 0.3) is 0 Å². The fraction of sp³-hybridized carbons (Fsp3) is 0.593. The average Bonchev–Trinajstić information content (AvgIpc) is 3.66. The highest BCUT2D eigenvalue weighted by Gasteiger charge is 2.38. The van der Waals surface area contributed by atoms with Crippen LogP contribution in [0.2, 0.25) is 0 Å². The first-order valence-electron chi connectivity index (χ1n) is 13.3. The molecule has 0 spiro atoms. The number of hydrogen-bond acceptors (Lipinski definition) is 7. The summed E-state index contributed by atoms with van der Waals surface area (Å²) >= 11 is 0. The number of pyridine rings is 1. The van der Waals surface area contributed by atoms with Crippen molar-refractivity contribution in [2.75, 3.05) is 18.0 Å². The predicted octanol–water partition coefficient (Wildman–Crippen LogP) is 3.60. The minimum atomic E-state index is -0.306. The lowest BCUT2D eigenvalue weighted by Crippen LogP contribution is -2.59. The van der Waals surface area contributed by atoms with Gasteiger partial charge in [-0.25, -0.2) is 4.79 Å². The highest BCUT2D eigenvalue weighted by atomic mass is 16.1. The summed E-state index contributed by atoms with van der Waals surface area (Å²) in [4.78, 5) is 27.0. The zero-order valence-electron chi connectivity index (χ0n) is 21.8. The van der Waals surface area contributed by atoms with E-state index < -0.39 is 0 Å². The van der Waals surface area contributed by atoms with Gasteiger partial charge in [-0.3, -0.25) is 14.5 Å².